The minimum atomic E-state index is -2.25. The van der Waals surface area contributed by atoms with Gasteiger partial charge in [0.05, 0.1) is 33.9 Å². The third kappa shape index (κ3) is 16.0. The summed E-state index contributed by atoms with van der Waals surface area (Å²) in [7, 11) is 3.30. The topological polar surface area (TPSA) is 577 Å². The lowest BCUT2D eigenvalue weighted by atomic mass is 10.0. The number of amides is 6. The van der Waals surface area contributed by atoms with Gasteiger partial charge in [0, 0.05) is 50.1 Å². The Bertz CT molecular complexity index is 2770. The number of rotatable bonds is 24. The number of amidine groups is 1. The minimum absolute atomic E-state index is 0.0473. The molecule has 6 unspecified atom stereocenters. The fourth-order valence-corrected chi connectivity index (χ4v) is 6.39. The maximum absolute atomic E-state index is 14.6. The van der Waals surface area contributed by atoms with Crippen molar-refractivity contribution in [2.75, 3.05) is 30.5 Å². The molecular formula is C40H52N22O12. The molecule has 0 aliphatic rings. The summed E-state index contributed by atoms with van der Waals surface area (Å²) in [5.74, 6) is -11.2. The predicted molar refractivity (Wildman–Crippen MR) is 263 cm³/mol. The highest BCUT2D eigenvalue weighted by atomic mass is 16.6. The van der Waals surface area contributed by atoms with E-state index in [-0.39, 0.29) is 17.0 Å². The van der Waals surface area contributed by atoms with E-state index in [2.05, 4.69) is 35.9 Å². The highest BCUT2D eigenvalue weighted by Crippen LogP contribution is 2.41. The van der Waals surface area contributed by atoms with Gasteiger partial charge in [0.25, 0.3) is 23.6 Å². The number of nitro groups is 2. The summed E-state index contributed by atoms with van der Waals surface area (Å²) in [5.41, 5.74) is 40.5. The van der Waals surface area contributed by atoms with Gasteiger partial charge < -0.3 is 92.5 Å². The normalized spacial score (nSPS) is 13.2. The van der Waals surface area contributed by atoms with Crippen LogP contribution < -0.4 is 82.3 Å². The van der Waals surface area contributed by atoms with E-state index in [0.29, 0.717) is 17.8 Å². The minimum Gasteiger partial charge on any atom is -0.508 e. The van der Waals surface area contributed by atoms with Crippen molar-refractivity contribution in [3.8, 4) is 11.8 Å². The van der Waals surface area contributed by atoms with Crippen LogP contribution in [0.25, 0.3) is 0 Å². The molecule has 394 valence electrons. The van der Waals surface area contributed by atoms with Gasteiger partial charge in [0.2, 0.25) is 36.5 Å². The Balaban J connectivity index is 2.13. The molecule has 23 N–H and O–H groups in total. The van der Waals surface area contributed by atoms with Gasteiger partial charge in [-0.2, -0.15) is 5.26 Å². The van der Waals surface area contributed by atoms with Crippen molar-refractivity contribution >= 4 is 81.9 Å². The van der Waals surface area contributed by atoms with Crippen LogP contribution in [0.1, 0.15) is 29.7 Å². The second-order valence-corrected chi connectivity index (χ2v) is 15.4. The van der Waals surface area contributed by atoms with Gasteiger partial charge >= 0.3 is 11.4 Å². The average Bonchev–Trinajstić information content (AvgIpc) is 3.31. The Morgan fingerprint density at radius 2 is 1.14 bits per heavy atom. The van der Waals surface area contributed by atoms with Crippen LogP contribution in [-0.2, 0) is 35.3 Å². The zero-order valence-corrected chi connectivity index (χ0v) is 39.3. The number of nitrogens with two attached hydrogens (primary N) is 8. The number of nitrogens with one attached hydrogen (secondary N) is 5. The summed E-state index contributed by atoms with van der Waals surface area (Å²) in [6.45, 7) is -0.851. The number of hydrogen-bond acceptors (Lipinski definition) is 19. The first-order valence-electron chi connectivity index (χ1n) is 20.8. The molecule has 0 saturated heterocycles. The second kappa shape index (κ2) is 25.9. The molecule has 0 heterocycles. The maximum atomic E-state index is 14.6. The molecule has 3 aromatic carbocycles. The number of phenolic OH excluding ortho intramolecular Hbond substituents is 1. The van der Waals surface area contributed by atoms with E-state index < -0.39 is 141 Å². The van der Waals surface area contributed by atoms with Gasteiger partial charge in [-0.1, -0.05) is 36.4 Å². The van der Waals surface area contributed by atoms with Crippen molar-refractivity contribution in [1.29, 1.82) is 5.26 Å². The number of carbonyl (C=O) groups excluding carboxylic acids is 6. The van der Waals surface area contributed by atoms with Crippen LogP contribution in [0.4, 0.5) is 22.7 Å². The smallest absolute Gasteiger partial charge is 0.301 e. The number of aromatic hydroxyl groups is 1. The lowest BCUT2D eigenvalue weighted by Gasteiger charge is -2.32. The van der Waals surface area contributed by atoms with Crippen LogP contribution in [0.15, 0.2) is 80.6 Å². The number of hydrogen-bond donors (Lipinski definition) is 15. The number of aliphatic imine (C=N–C) groups is 4. The predicted octanol–water partition coefficient (Wildman–Crippen LogP) is -6.18. The first-order valence-corrected chi connectivity index (χ1v) is 20.8. The Kier molecular flexibility index (Phi) is 20.2. The monoisotopic (exact) mass is 1030 g/mol. The molecular weight excluding hydrogens is 981 g/mol. The standard InChI is InChI=1S/C40H52N22O12/c1-17(42)50-30(35(68)52-29(28(43)65)56-38(44)45)54-37(70)32(58-40(48)49)55-36(69)31(57-39(46)47)53-34(67)26(19-7-5-4-6-8-19)51-33(66)24(16-63)60(15-20-9-10-21(59(2)3)13-25(20)64)27-22(61(71)72)11-18(14-41)12-23(27)62(73)74/h4-13,24,26,29-32,63-64H,15-16H2,1-3H3,(H2,42,50)(H2,43,65)(H,51,66)(H,52,68)(H,53,67)(H,54,70)(H,55,69)(H4,44,45,56)(H4,46,47,57)(H4,48,49,58). The number of benzene rings is 3. The SMILES string of the molecule is CC(N)=NC(NC(=O)C(N=C(N)N)NC(=O)C(N=C(N)N)NC(=O)C(NC(=O)C(CO)N(Cc1ccc(N(C)C)cc1O)c1c([N+](=O)[O-])cc(C#N)cc1[N+](=O)[O-])c1ccccc1)C(=O)NC(N=C(N)N)C(N)=O. The number of nitrogens with zero attached hydrogens (tertiary/aromatic N) is 9. The van der Waals surface area contributed by atoms with Crippen LogP contribution >= 0.6 is 0 Å². The lowest BCUT2D eigenvalue weighted by molar-refractivity contribution is -0.392. The molecule has 0 saturated carbocycles. The van der Waals surface area contributed by atoms with Gasteiger partial charge in [-0.15, -0.1) is 0 Å². The van der Waals surface area contributed by atoms with Gasteiger partial charge in [-0.25, -0.2) is 20.0 Å². The number of nitro benzene ring substituents is 2. The number of primary amides is 1. The van der Waals surface area contributed by atoms with E-state index >= 15 is 0 Å². The molecule has 0 aliphatic carbocycles. The van der Waals surface area contributed by atoms with Crippen molar-refractivity contribution in [3.63, 3.8) is 0 Å². The van der Waals surface area contributed by atoms with Gasteiger partial charge in [-0.05, 0) is 18.6 Å². The molecule has 0 fully saturated rings. The zero-order valence-electron chi connectivity index (χ0n) is 39.3. The Labute approximate surface area is 417 Å². The number of phenols is 1. The van der Waals surface area contributed by atoms with Crippen molar-refractivity contribution in [3.05, 3.63) is 97.6 Å². The molecule has 0 aliphatic heterocycles. The molecule has 6 amide bonds. The molecule has 6 atom stereocenters. The van der Waals surface area contributed by atoms with Crippen LogP contribution in [0.2, 0.25) is 0 Å². The molecule has 74 heavy (non-hydrogen) atoms. The van der Waals surface area contributed by atoms with Crippen LogP contribution in [0, 0.1) is 31.6 Å². The van der Waals surface area contributed by atoms with Crippen LogP contribution in [0.5, 0.6) is 5.75 Å². The van der Waals surface area contributed by atoms with Gasteiger partial charge in [0.1, 0.15) is 17.8 Å². The van der Waals surface area contributed by atoms with Crippen molar-refractivity contribution in [1.82, 2.24) is 26.6 Å². The maximum Gasteiger partial charge on any atom is 0.301 e. The summed E-state index contributed by atoms with van der Waals surface area (Å²) < 4.78 is 0. The van der Waals surface area contributed by atoms with Gasteiger partial charge in [0.15, 0.2) is 23.6 Å². The molecule has 3 rings (SSSR count). The lowest BCUT2D eigenvalue weighted by Crippen LogP contribution is -2.58. The van der Waals surface area contributed by atoms with Crippen molar-refractivity contribution in [2.45, 2.75) is 50.2 Å². The number of guanidine groups is 3. The molecule has 0 spiro atoms. The highest BCUT2D eigenvalue weighted by molar-refractivity contribution is 5.99. The van der Waals surface area contributed by atoms with Crippen LogP contribution in [-0.4, -0.2) is 131 Å². The molecule has 34 nitrogen and oxygen atoms in total. The molecule has 0 radical (unpaired) electrons. The first kappa shape index (κ1) is 57.7. The summed E-state index contributed by atoms with van der Waals surface area (Å²) in [5, 5.41) is 67.3. The Morgan fingerprint density at radius 1 is 0.676 bits per heavy atom. The number of aliphatic hydroxyl groups excluding tert-OH is 1. The van der Waals surface area contributed by atoms with E-state index in [1.807, 2.05) is 10.6 Å². The van der Waals surface area contributed by atoms with Crippen molar-refractivity contribution < 1.29 is 48.8 Å². The van der Waals surface area contributed by atoms with E-state index in [1.54, 1.807) is 25.1 Å². The quantitative estimate of drug-likeness (QED) is 0.0172. The largest absolute Gasteiger partial charge is 0.508 e. The number of nitriles is 1. The van der Waals surface area contributed by atoms with Gasteiger partial charge in [-0.3, -0.25) is 49.0 Å². The van der Waals surface area contributed by atoms with E-state index in [9.17, 15) is 64.5 Å². The third-order valence-electron chi connectivity index (χ3n) is 9.64. The average molecular weight is 1030 g/mol. The van der Waals surface area contributed by atoms with E-state index in [0.717, 1.165) is 4.90 Å². The highest BCUT2D eigenvalue weighted by Gasteiger charge is 2.40. The second-order valence-electron chi connectivity index (χ2n) is 15.4. The number of anilines is 2. The fraction of sp³-hybridized carbons (Fsp3) is 0.275. The summed E-state index contributed by atoms with van der Waals surface area (Å²) in [6, 6.07) is 10.0. The molecule has 0 bridgehead atoms. The summed E-state index contributed by atoms with van der Waals surface area (Å²) in [4.78, 5) is 121. The Hall–Kier alpha value is -10.6. The summed E-state index contributed by atoms with van der Waals surface area (Å²) in [6.07, 6.45) is -8.37. The Morgan fingerprint density at radius 3 is 1.54 bits per heavy atom. The number of aliphatic hydroxyl groups is 1. The zero-order chi connectivity index (χ0) is 55.7. The van der Waals surface area contributed by atoms with E-state index in [1.165, 1.54) is 55.5 Å². The van der Waals surface area contributed by atoms with Crippen molar-refractivity contribution in [2.24, 2.45) is 65.8 Å². The first-order chi connectivity index (χ1) is 34.7. The summed E-state index contributed by atoms with van der Waals surface area (Å²) >= 11 is 0. The molecule has 0 aromatic heterocycles. The van der Waals surface area contributed by atoms with Crippen LogP contribution in [0.3, 0.4) is 0 Å². The molecule has 34 heteroatoms. The third-order valence-corrected chi connectivity index (χ3v) is 9.64. The fourth-order valence-electron chi connectivity index (χ4n) is 6.39. The molecule has 3 aromatic rings. The number of carbonyl (C=O) groups is 6. The van der Waals surface area contributed by atoms with E-state index in [4.69, 9.17) is 45.9 Å².